The molecule has 2 aromatic rings. The quantitative estimate of drug-likeness (QED) is 0.845. The van der Waals surface area contributed by atoms with Crippen molar-refractivity contribution in [2.24, 2.45) is 0 Å². The van der Waals surface area contributed by atoms with E-state index in [1.54, 1.807) is 12.5 Å². The summed E-state index contributed by atoms with van der Waals surface area (Å²) in [6, 6.07) is 7.84. The summed E-state index contributed by atoms with van der Waals surface area (Å²) in [5, 5.41) is 3.40. The molecule has 96 valence electrons. The lowest BCUT2D eigenvalue weighted by molar-refractivity contribution is 0.328. The van der Waals surface area contributed by atoms with Gasteiger partial charge in [-0.2, -0.15) is 0 Å². The van der Waals surface area contributed by atoms with E-state index >= 15 is 0 Å². The maximum absolute atomic E-state index is 5.50. The van der Waals surface area contributed by atoms with Gasteiger partial charge in [-0.25, -0.2) is 4.98 Å². The third-order valence-corrected chi connectivity index (χ3v) is 2.68. The van der Waals surface area contributed by atoms with E-state index in [0.717, 1.165) is 17.9 Å². The summed E-state index contributed by atoms with van der Waals surface area (Å²) in [4.78, 5) is 4.22. The number of hydrogen-bond donors (Lipinski definition) is 1. The molecule has 0 aliphatic carbocycles. The Hall–Kier alpha value is -1.97. The average molecular weight is 246 g/mol. The monoisotopic (exact) mass is 246 g/mol. The lowest BCUT2D eigenvalue weighted by Crippen LogP contribution is -2.10. The summed E-state index contributed by atoms with van der Waals surface area (Å²) in [6.45, 7) is 4.66. The molecule has 0 aliphatic rings. The van der Waals surface area contributed by atoms with Crippen LogP contribution in [0.1, 0.15) is 32.1 Å². The third-order valence-electron chi connectivity index (χ3n) is 2.68. The van der Waals surface area contributed by atoms with E-state index in [1.807, 2.05) is 31.2 Å². The molecule has 0 amide bonds. The number of furan rings is 1. The highest BCUT2D eigenvalue weighted by molar-refractivity contribution is 5.53. The number of pyridine rings is 1. The average Bonchev–Trinajstić information content (AvgIpc) is 2.92. The molecule has 18 heavy (non-hydrogen) atoms. The topological polar surface area (TPSA) is 47.3 Å². The van der Waals surface area contributed by atoms with Crippen LogP contribution < -0.4 is 10.1 Å². The van der Waals surface area contributed by atoms with Crippen molar-refractivity contribution < 1.29 is 9.15 Å². The molecule has 0 radical (unpaired) electrons. The second kappa shape index (κ2) is 6.10. The molecule has 0 aliphatic heterocycles. The zero-order chi connectivity index (χ0) is 12.8. The molecule has 1 N–H and O–H groups in total. The molecule has 1 atom stereocenters. The SMILES string of the molecule is CCOc1ncccc1NC(CC)c1ccco1. The minimum Gasteiger partial charge on any atom is -0.476 e. The summed E-state index contributed by atoms with van der Waals surface area (Å²) >= 11 is 0. The van der Waals surface area contributed by atoms with E-state index < -0.39 is 0 Å². The second-order valence-corrected chi connectivity index (χ2v) is 3.91. The minimum atomic E-state index is 0.128. The molecule has 0 aromatic carbocycles. The molecule has 0 spiro atoms. The van der Waals surface area contributed by atoms with Gasteiger partial charge >= 0.3 is 0 Å². The number of nitrogens with zero attached hydrogens (tertiary/aromatic N) is 1. The van der Waals surface area contributed by atoms with Crippen LogP contribution >= 0.6 is 0 Å². The summed E-state index contributed by atoms with van der Waals surface area (Å²) in [6.07, 6.45) is 4.34. The third kappa shape index (κ3) is 2.83. The number of hydrogen-bond acceptors (Lipinski definition) is 4. The van der Waals surface area contributed by atoms with Crippen LogP contribution in [0, 0.1) is 0 Å². The van der Waals surface area contributed by atoms with E-state index in [9.17, 15) is 0 Å². The lowest BCUT2D eigenvalue weighted by Gasteiger charge is -2.17. The van der Waals surface area contributed by atoms with Gasteiger partial charge in [-0.05, 0) is 37.6 Å². The fourth-order valence-electron chi connectivity index (χ4n) is 1.80. The molecule has 1 unspecified atom stereocenters. The largest absolute Gasteiger partial charge is 0.476 e. The first-order chi connectivity index (χ1) is 8.85. The van der Waals surface area contributed by atoms with Crippen LogP contribution in [0.25, 0.3) is 0 Å². The van der Waals surface area contributed by atoms with Crippen LogP contribution in [0.15, 0.2) is 41.1 Å². The van der Waals surface area contributed by atoms with Crippen molar-refractivity contribution >= 4 is 5.69 Å². The first-order valence-electron chi connectivity index (χ1n) is 6.22. The number of ether oxygens (including phenoxy) is 1. The highest BCUT2D eigenvalue weighted by atomic mass is 16.5. The standard InChI is InChI=1S/C14H18N2O2/c1-3-11(13-8-6-10-18-13)16-12-7-5-9-15-14(12)17-4-2/h5-11,16H,3-4H2,1-2H3. The maximum Gasteiger partial charge on any atom is 0.237 e. The van der Waals surface area contributed by atoms with Gasteiger partial charge in [0, 0.05) is 6.20 Å². The normalized spacial score (nSPS) is 12.1. The van der Waals surface area contributed by atoms with Crippen LogP contribution in [-0.4, -0.2) is 11.6 Å². The molecule has 0 saturated carbocycles. The van der Waals surface area contributed by atoms with Gasteiger partial charge in [0.1, 0.15) is 5.76 Å². The highest BCUT2D eigenvalue weighted by Crippen LogP contribution is 2.27. The van der Waals surface area contributed by atoms with Gasteiger partial charge in [-0.15, -0.1) is 0 Å². The predicted molar refractivity (Wildman–Crippen MR) is 70.8 cm³/mol. The molecular weight excluding hydrogens is 228 g/mol. The molecular formula is C14H18N2O2. The minimum absolute atomic E-state index is 0.128. The Bertz CT molecular complexity index is 468. The zero-order valence-electron chi connectivity index (χ0n) is 10.7. The van der Waals surface area contributed by atoms with Crippen molar-refractivity contribution in [1.82, 2.24) is 4.98 Å². The van der Waals surface area contributed by atoms with Gasteiger partial charge in [0.15, 0.2) is 0 Å². The van der Waals surface area contributed by atoms with Crippen LogP contribution in [0.4, 0.5) is 5.69 Å². The smallest absolute Gasteiger partial charge is 0.237 e. The molecule has 0 fully saturated rings. The lowest BCUT2D eigenvalue weighted by atomic mass is 10.1. The Labute approximate surface area is 107 Å². The number of nitrogens with one attached hydrogen (secondary N) is 1. The van der Waals surface area contributed by atoms with Crippen LogP contribution in [0.5, 0.6) is 5.88 Å². The summed E-state index contributed by atoms with van der Waals surface area (Å²) in [5.41, 5.74) is 0.891. The van der Waals surface area contributed by atoms with Crippen molar-refractivity contribution in [3.63, 3.8) is 0 Å². The van der Waals surface area contributed by atoms with Gasteiger partial charge < -0.3 is 14.5 Å². The van der Waals surface area contributed by atoms with E-state index in [-0.39, 0.29) is 6.04 Å². The second-order valence-electron chi connectivity index (χ2n) is 3.91. The van der Waals surface area contributed by atoms with Crippen LogP contribution in [0.2, 0.25) is 0 Å². The Balaban J connectivity index is 2.17. The van der Waals surface area contributed by atoms with Crippen molar-refractivity contribution in [2.75, 3.05) is 11.9 Å². The van der Waals surface area contributed by atoms with E-state index in [2.05, 4.69) is 17.2 Å². The Morgan fingerprint density at radius 2 is 2.22 bits per heavy atom. The van der Waals surface area contributed by atoms with Crippen molar-refractivity contribution in [3.8, 4) is 5.88 Å². The van der Waals surface area contributed by atoms with Crippen LogP contribution in [0.3, 0.4) is 0 Å². The van der Waals surface area contributed by atoms with Crippen molar-refractivity contribution in [2.45, 2.75) is 26.3 Å². The Kier molecular flexibility index (Phi) is 4.23. The van der Waals surface area contributed by atoms with Gasteiger partial charge in [0.2, 0.25) is 5.88 Å². The van der Waals surface area contributed by atoms with Crippen molar-refractivity contribution in [3.05, 3.63) is 42.5 Å². The fraction of sp³-hybridized carbons (Fsp3) is 0.357. The van der Waals surface area contributed by atoms with Gasteiger partial charge in [-0.1, -0.05) is 6.92 Å². The number of anilines is 1. The predicted octanol–water partition coefficient (Wildman–Crippen LogP) is 3.64. The Morgan fingerprint density at radius 1 is 1.33 bits per heavy atom. The Morgan fingerprint density at radius 3 is 2.89 bits per heavy atom. The molecule has 2 aromatic heterocycles. The van der Waals surface area contributed by atoms with E-state index in [4.69, 9.17) is 9.15 Å². The van der Waals surface area contributed by atoms with Crippen LogP contribution in [-0.2, 0) is 0 Å². The van der Waals surface area contributed by atoms with Gasteiger partial charge in [0.25, 0.3) is 0 Å². The van der Waals surface area contributed by atoms with Gasteiger partial charge in [-0.3, -0.25) is 0 Å². The molecule has 2 rings (SSSR count). The molecule has 2 heterocycles. The van der Waals surface area contributed by atoms with Crippen molar-refractivity contribution in [1.29, 1.82) is 0 Å². The molecule has 0 bridgehead atoms. The number of rotatable bonds is 6. The highest BCUT2D eigenvalue weighted by Gasteiger charge is 2.14. The molecule has 4 heteroatoms. The summed E-state index contributed by atoms with van der Waals surface area (Å²) in [5.74, 6) is 1.55. The summed E-state index contributed by atoms with van der Waals surface area (Å²) in [7, 11) is 0. The summed E-state index contributed by atoms with van der Waals surface area (Å²) < 4.78 is 10.9. The first kappa shape index (κ1) is 12.5. The fourth-order valence-corrected chi connectivity index (χ4v) is 1.80. The van der Waals surface area contributed by atoms with E-state index in [0.29, 0.717) is 12.5 Å². The zero-order valence-corrected chi connectivity index (χ0v) is 10.7. The molecule has 4 nitrogen and oxygen atoms in total. The molecule has 0 saturated heterocycles. The van der Waals surface area contributed by atoms with Gasteiger partial charge in [0.05, 0.1) is 24.6 Å². The number of aromatic nitrogens is 1. The maximum atomic E-state index is 5.50. The first-order valence-corrected chi connectivity index (χ1v) is 6.22. The van der Waals surface area contributed by atoms with E-state index in [1.165, 1.54) is 0 Å².